The molecule has 0 N–H and O–H groups in total. The summed E-state index contributed by atoms with van der Waals surface area (Å²) in [6.45, 7) is 0.0585. The van der Waals surface area contributed by atoms with Gasteiger partial charge in [-0.05, 0) is 43.2 Å². The zero-order chi connectivity index (χ0) is 24.5. The molecule has 0 saturated carbocycles. The van der Waals surface area contributed by atoms with E-state index in [-0.39, 0.29) is 36.2 Å². The molecule has 34 heavy (non-hydrogen) atoms. The van der Waals surface area contributed by atoms with Gasteiger partial charge in [0.1, 0.15) is 22.2 Å². The van der Waals surface area contributed by atoms with Crippen LogP contribution in [0.15, 0.2) is 47.4 Å². The maximum absolute atomic E-state index is 13.9. The fourth-order valence-electron chi connectivity index (χ4n) is 4.27. The molecule has 9 nitrogen and oxygen atoms in total. The first kappa shape index (κ1) is 24.0. The van der Waals surface area contributed by atoms with E-state index in [0.29, 0.717) is 24.3 Å². The third-order valence-corrected chi connectivity index (χ3v) is 7.87. The first-order valence-electron chi connectivity index (χ1n) is 10.7. The largest absolute Gasteiger partial charge is 0.495 e. The highest BCUT2D eigenvalue weighted by Crippen LogP contribution is 2.36. The van der Waals surface area contributed by atoms with Crippen molar-refractivity contribution in [2.75, 3.05) is 38.8 Å². The fraction of sp³-hybridized carbons (Fsp3) is 0.391. The second-order valence-corrected chi connectivity index (χ2v) is 9.95. The quantitative estimate of drug-likeness (QED) is 0.590. The molecule has 182 valence electrons. The number of para-hydroxylation sites is 2. The van der Waals surface area contributed by atoms with Crippen molar-refractivity contribution in [3.05, 3.63) is 48.3 Å². The van der Waals surface area contributed by atoms with E-state index in [9.17, 15) is 22.4 Å². The smallest absolute Gasteiger partial charge is 0.348 e. The molecule has 1 amide bonds. The Bertz CT molecular complexity index is 1200. The number of rotatable bonds is 5. The van der Waals surface area contributed by atoms with Gasteiger partial charge in [0.25, 0.3) is 0 Å². The van der Waals surface area contributed by atoms with Crippen LogP contribution in [0.25, 0.3) is 0 Å². The molecular formula is C23H25FN2O7S. The Balaban J connectivity index is 1.60. The Hall–Kier alpha value is -3.18. The predicted octanol–water partition coefficient (Wildman–Crippen LogP) is 2.20. The van der Waals surface area contributed by atoms with Gasteiger partial charge in [-0.25, -0.2) is 17.6 Å². The molecule has 11 heteroatoms. The van der Waals surface area contributed by atoms with Gasteiger partial charge in [-0.2, -0.15) is 4.31 Å². The van der Waals surface area contributed by atoms with E-state index in [0.717, 1.165) is 12.1 Å². The molecule has 2 aromatic carbocycles. The average molecular weight is 493 g/mol. The van der Waals surface area contributed by atoms with Crippen LogP contribution in [0.2, 0.25) is 0 Å². The van der Waals surface area contributed by atoms with E-state index in [1.54, 1.807) is 24.3 Å². The zero-order valence-corrected chi connectivity index (χ0v) is 19.6. The number of nitrogens with zero attached hydrogens (tertiary/aromatic N) is 2. The van der Waals surface area contributed by atoms with Gasteiger partial charge in [-0.3, -0.25) is 4.79 Å². The molecule has 0 radical (unpaired) electrons. The van der Waals surface area contributed by atoms with Crippen LogP contribution in [-0.2, 0) is 24.3 Å². The van der Waals surface area contributed by atoms with Crippen LogP contribution in [0, 0.1) is 11.7 Å². The van der Waals surface area contributed by atoms with Gasteiger partial charge in [-0.15, -0.1) is 0 Å². The Morgan fingerprint density at radius 3 is 2.62 bits per heavy atom. The van der Waals surface area contributed by atoms with Crippen molar-refractivity contribution < 1.29 is 36.6 Å². The van der Waals surface area contributed by atoms with E-state index in [1.165, 1.54) is 29.5 Å². The van der Waals surface area contributed by atoms with Crippen molar-refractivity contribution >= 4 is 27.6 Å². The summed E-state index contributed by atoms with van der Waals surface area (Å²) in [6, 6.07) is 10.1. The first-order chi connectivity index (χ1) is 16.3. The molecule has 2 aliphatic rings. The molecular weight excluding hydrogens is 467 g/mol. The van der Waals surface area contributed by atoms with Crippen molar-refractivity contribution in [3.8, 4) is 11.5 Å². The lowest BCUT2D eigenvalue weighted by Crippen LogP contribution is -2.52. The lowest BCUT2D eigenvalue weighted by atomic mass is 9.97. The van der Waals surface area contributed by atoms with Crippen LogP contribution in [0.4, 0.5) is 10.1 Å². The van der Waals surface area contributed by atoms with Crippen LogP contribution < -0.4 is 14.4 Å². The minimum absolute atomic E-state index is 0.0258. The summed E-state index contributed by atoms with van der Waals surface area (Å²) in [5, 5.41) is 0. The molecule has 2 atom stereocenters. The number of benzene rings is 2. The summed E-state index contributed by atoms with van der Waals surface area (Å²) < 4.78 is 57.3. The molecule has 1 fully saturated rings. The SMILES string of the molecule is COC(=O)[C@@H]1CN(C(=O)[C@@H]2CCCN(S(=O)(=O)c3cc(F)ccc3OC)C2)c2ccccc2O1. The molecule has 1 saturated heterocycles. The Kier molecular flexibility index (Phi) is 6.76. The summed E-state index contributed by atoms with van der Waals surface area (Å²) in [4.78, 5) is 26.9. The summed E-state index contributed by atoms with van der Waals surface area (Å²) in [6.07, 6.45) is -0.0865. The highest BCUT2D eigenvalue weighted by atomic mass is 32.2. The topological polar surface area (TPSA) is 102 Å². The number of ether oxygens (including phenoxy) is 3. The van der Waals surface area contributed by atoms with Crippen LogP contribution in [-0.4, -0.2) is 64.6 Å². The lowest BCUT2D eigenvalue weighted by Gasteiger charge is -2.38. The van der Waals surface area contributed by atoms with Crippen LogP contribution in [0.5, 0.6) is 11.5 Å². The van der Waals surface area contributed by atoms with Gasteiger partial charge >= 0.3 is 5.97 Å². The Morgan fingerprint density at radius 1 is 1.12 bits per heavy atom. The number of piperidine rings is 1. The van der Waals surface area contributed by atoms with Gasteiger partial charge in [0.2, 0.25) is 22.0 Å². The van der Waals surface area contributed by atoms with Crippen molar-refractivity contribution in [1.29, 1.82) is 0 Å². The standard InChI is InChI=1S/C23H25FN2O7S/c1-31-19-10-9-16(24)12-21(19)34(29,30)25-11-5-6-15(13-25)22(27)26-14-20(23(28)32-2)33-18-8-4-3-7-17(18)26/h3-4,7-10,12,15,20H,5-6,11,13-14H2,1-2H3/t15-,20+/m1/s1. The van der Waals surface area contributed by atoms with Gasteiger partial charge < -0.3 is 19.1 Å². The van der Waals surface area contributed by atoms with Crippen molar-refractivity contribution in [2.24, 2.45) is 5.92 Å². The molecule has 0 unspecified atom stereocenters. The molecule has 0 aliphatic carbocycles. The lowest BCUT2D eigenvalue weighted by molar-refractivity contribution is -0.148. The van der Waals surface area contributed by atoms with E-state index in [1.807, 2.05) is 0 Å². The summed E-state index contributed by atoms with van der Waals surface area (Å²) in [5.74, 6) is -1.91. The van der Waals surface area contributed by atoms with Gasteiger partial charge in [0, 0.05) is 13.1 Å². The van der Waals surface area contributed by atoms with Gasteiger partial charge in [0.15, 0.2) is 0 Å². The van der Waals surface area contributed by atoms with E-state index in [4.69, 9.17) is 14.2 Å². The molecule has 2 aromatic rings. The van der Waals surface area contributed by atoms with Crippen LogP contribution >= 0.6 is 0 Å². The first-order valence-corrected chi connectivity index (χ1v) is 12.2. The minimum Gasteiger partial charge on any atom is -0.495 e. The summed E-state index contributed by atoms with van der Waals surface area (Å²) in [7, 11) is -1.57. The second kappa shape index (κ2) is 9.59. The Morgan fingerprint density at radius 2 is 1.88 bits per heavy atom. The van der Waals surface area contributed by atoms with Crippen LogP contribution in [0.3, 0.4) is 0 Å². The number of amides is 1. The van der Waals surface area contributed by atoms with Gasteiger partial charge in [-0.1, -0.05) is 12.1 Å². The molecule has 4 rings (SSSR count). The molecule has 0 spiro atoms. The molecule has 2 heterocycles. The second-order valence-electron chi connectivity index (χ2n) is 8.04. The highest BCUT2D eigenvalue weighted by Gasteiger charge is 2.40. The third-order valence-electron chi connectivity index (χ3n) is 5.98. The van der Waals surface area contributed by atoms with Crippen molar-refractivity contribution in [3.63, 3.8) is 0 Å². The highest BCUT2D eigenvalue weighted by molar-refractivity contribution is 7.89. The number of hydrogen-bond donors (Lipinski definition) is 0. The number of fused-ring (bicyclic) bond motifs is 1. The fourth-order valence-corrected chi connectivity index (χ4v) is 5.96. The number of sulfonamides is 1. The molecule has 2 aliphatic heterocycles. The van der Waals surface area contributed by atoms with Crippen molar-refractivity contribution in [1.82, 2.24) is 4.31 Å². The number of carbonyl (C=O) groups is 2. The summed E-state index contributed by atoms with van der Waals surface area (Å²) in [5.41, 5.74) is 0.499. The van der Waals surface area contributed by atoms with E-state index < -0.39 is 33.8 Å². The normalized spacial score (nSPS) is 20.7. The predicted molar refractivity (Wildman–Crippen MR) is 120 cm³/mol. The zero-order valence-electron chi connectivity index (χ0n) is 18.8. The number of anilines is 1. The number of esters is 1. The van der Waals surface area contributed by atoms with E-state index >= 15 is 0 Å². The number of carbonyl (C=O) groups excluding carboxylic acids is 2. The maximum Gasteiger partial charge on any atom is 0.348 e. The van der Waals surface area contributed by atoms with Crippen LogP contribution in [0.1, 0.15) is 12.8 Å². The number of hydrogen-bond acceptors (Lipinski definition) is 7. The average Bonchev–Trinajstić information content (AvgIpc) is 2.87. The van der Waals surface area contributed by atoms with Crippen molar-refractivity contribution in [2.45, 2.75) is 23.8 Å². The van der Waals surface area contributed by atoms with Gasteiger partial charge in [0.05, 0.1) is 32.4 Å². The monoisotopic (exact) mass is 492 g/mol. The summed E-state index contributed by atoms with van der Waals surface area (Å²) >= 11 is 0. The number of halogens is 1. The van der Waals surface area contributed by atoms with E-state index in [2.05, 4.69) is 0 Å². The Labute approximate surface area is 197 Å². The minimum atomic E-state index is -4.11. The third kappa shape index (κ3) is 4.45. The maximum atomic E-state index is 13.9. The molecule has 0 bridgehead atoms. The molecule has 0 aromatic heterocycles. The number of methoxy groups -OCH3 is 2.